The maximum Gasteiger partial charge on any atom is 0.210 e. The van der Waals surface area contributed by atoms with Gasteiger partial charge in [-0.2, -0.15) is 5.10 Å². The quantitative estimate of drug-likeness (QED) is 0.376. The van der Waals surface area contributed by atoms with Crippen molar-refractivity contribution in [2.75, 3.05) is 33.3 Å². The molecule has 6 rings (SSSR count). The summed E-state index contributed by atoms with van der Waals surface area (Å²) in [4.78, 5) is 22.7. The molecule has 0 aliphatic carbocycles. The van der Waals surface area contributed by atoms with Crippen LogP contribution >= 0.6 is 22.9 Å². The van der Waals surface area contributed by atoms with Crippen molar-refractivity contribution < 1.29 is 9.53 Å². The molecule has 9 heteroatoms. The number of thiophene rings is 1. The summed E-state index contributed by atoms with van der Waals surface area (Å²) in [6.07, 6.45) is 3.34. The molecule has 4 aromatic rings. The Morgan fingerprint density at radius 1 is 1.17 bits per heavy atom. The number of rotatable bonds is 4. The normalized spacial score (nSPS) is 17.9. The SMILES string of the molecule is CN1CCN(C=O)C(c2ccc3c(c2)-c2sc(-c4ncnn4-c4ccccc4Cl)cc2CCO3)C1. The molecule has 1 fully saturated rings. The lowest BCUT2D eigenvalue weighted by Crippen LogP contribution is -2.46. The highest BCUT2D eigenvalue weighted by molar-refractivity contribution is 7.19. The number of carbonyl (C=O) groups excluding carboxylic acids is 1. The fraction of sp³-hybridized carbons (Fsp3) is 0.269. The Labute approximate surface area is 212 Å². The maximum atomic E-state index is 11.8. The van der Waals surface area contributed by atoms with Gasteiger partial charge in [0.15, 0.2) is 5.82 Å². The number of likely N-dealkylation sites (N-methyl/N-ethyl adjacent to an activating group) is 1. The Morgan fingerprint density at radius 3 is 2.91 bits per heavy atom. The number of halogens is 1. The molecule has 7 nitrogen and oxygen atoms in total. The first-order valence-electron chi connectivity index (χ1n) is 11.6. The van der Waals surface area contributed by atoms with Crippen LogP contribution in [0, 0.1) is 0 Å². The number of amides is 1. The smallest absolute Gasteiger partial charge is 0.210 e. The fourth-order valence-corrected chi connectivity index (χ4v) is 6.28. The summed E-state index contributed by atoms with van der Waals surface area (Å²) in [5.41, 5.74) is 4.21. The Bertz CT molecular complexity index is 1400. The van der Waals surface area contributed by atoms with Crippen molar-refractivity contribution in [1.82, 2.24) is 24.6 Å². The standard InChI is InChI=1S/C26H24ClN5O2S/c1-30-9-10-31(16-33)22(14-30)17-6-7-23-19(12-17)25-18(8-11-34-23)13-24(35-25)26-28-15-29-32(26)21-5-3-2-4-20(21)27/h2-7,12-13,15-16,22H,8-11,14H2,1H3. The van der Waals surface area contributed by atoms with E-state index < -0.39 is 0 Å². The second-order valence-electron chi connectivity index (χ2n) is 8.89. The zero-order valence-electron chi connectivity index (χ0n) is 19.2. The van der Waals surface area contributed by atoms with Crippen molar-refractivity contribution in [3.05, 3.63) is 71.0 Å². The van der Waals surface area contributed by atoms with Crippen molar-refractivity contribution >= 4 is 29.3 Å². The van der Waals surface area contributed by atoms with Crippen LogP contribution in [0.3, 0.4) is 0 Å². The number of nitrogens with zero attached hydrogens (tertiary/aromatic N) is 5. The molecule has 2 aliphatic heterocycles. The van der Waals surface area contributed by atoms with Gasteiger partial charge >= 0.3 is 0 Å². The van der Waals surface area contributed by atoms with Crippen LogP contribution < -0.4 is 4.74 Å². The third kappa shape index (κ3) is 4.01. The summed E-state index contributed by atoms with van der Waals surface area (Å²) in [5, 5.41) is 5.08. The van der Waals surface area contributed by atoms with Gasteiger partial charge < -0.3 is 14.5 Å². The molecule has 0 bridgehead atoms. The predicted octanol–water partition coefficient (Wildman–Crippen LogP) is 4.70. The van der Waals surface area contributed by atoms with Gasteiger partial charge in [-0.25, -0.2) is 9.67 Å². The number of carbonyl (C=O) groups is 1. The molecular weight excluding hydrogens is 482 g/mol. The lowest BCUT2D eigenvalue weighted by atomic mass is 9.98. The van der Waals surface area contributed by atoms with Crippen molar-refractivity contribution in [2.45, 2.75) is 12.5 Å². The molecule has 1 atom stereocenters. The minimum Gasteiger partial charge on any atom is -0.493 e. The number of aromatic nitrogens is 3. The summed E-state index contributed by atoms with van der Waals surface area (Å²) in [5.74, 6) is 1.63. The molecule has 2 aromatic heterocycles. The first-order chi connectivity index (χ1) is 17.1. The second kappa shape index (κ2) is 9.11. The Hall–Kier alpha value is -3.20. The largest absolute Gasteiger partial charge is 0.493 e. The third-order valence-corrected chi connectivity index (χ3v) is 8.21. The molecule has 0 saturated carbocycles. The zero-order valence-corrected chi connectivity index (χ0v) is 20.8. The molecule has 0 N–H and O–H groups in total. The van der Waals surface area contributed by atoms with E-state index in [1.54, 1.807) is 22.3 Å². The molecule has 1 saturated heterocycles. The predicted molar refractivity (Wildman–Crippen MR) is 137 cm³/mol. The molecule has 4 heterocycles. The number of benzene rings is 2. The summed E-state index contributed by atoms with van der Waals surface area (Å²) in [6, 6.07) is 16.2. The van der Waals surface area contributed by atoms with Crippen molar-refractivity contribution in [3.63, 3.8) is 0 Å². The average molecular weight is 506 g/mol. The number of piperazine rings is 1. The minimum atomic E-state index is 0.0195. The van der Waals surface area contributed by atoms with Crippen LogP contribution in [0.2, 0.25) is 5.02 Å². The van der Waals surface area contributed by atoms with E-state index in [9.17, 15) is 4.79 Å². The van der Waals surface area contributed by atoms with Gasteiger partial charge in [-0.3, -0.25) is 4.79 Å². The molecule has 0 radical (unpaired) electrons. The van der Waals surface area contributed by atoms with E-state index in [-0.39, 0.29) is 6.04 Å². The van der Waals surface area contributed by atoms with Crippen molar-refractivity contribution in [1.29, 1.82) is 0 Å². The summed E-state index contributed by atoms with van der Waals surface area (Å²) in [6.45, 7) is 3.03. The summed E-state index contributed by atoms with van der Waals surface area (Å²) in [7, 11) is 2.10. The van der Waals surface area contributed by atoms with Crippen molar-refractivity contribution in [2.24, 2.45) is 0 Å². The monoisotopic (exact) mass is 505 g/mol. The highest BCUT2D eigenvalue weighted by Crippen LogP contribution is 2.45. The molecule has 1 amide bonds. The lowest BCUT2D eigenvalue weighted by Gasteiger charge is -2.38. The molecule has 178 valence electrons. The highest BCUT2D eigenvalue weighted by atomic mass is 35.5. The van der Waals surface area contributed by atoms with Crippen LogP contribution in [0.4, 0.5) is 0 Å². The van der Waals surface area contributed by atoms with E-state index in [1.807, 2.05) is 35.2 Å². The van der Waals surface area contributed by atoms with Gasteiger partial charge in [0, 0.05) is 36.5 Å². The Morgan fingerprint density at radius 2 is 2.06 bits per heavy atom. The van der Waals surface area contributed by atoms with Gasteiger partial charge in [-0.05, 0) is 48.5 Å². The molecule has 2 aromatic carbocycles. The van der Waals surface area contributed by atoms with Crippen LogP contribution in [0.1, 0.15) is 17.2 Å². The minimum absolute atomic E-state index is 0.0195. The first kappa shape index (κ1) is 22.3. The van der Waals surface area contributed by atoms with Gasteiger partial charge in [-0.1, -0.05) is 29.8 Å². The van der Waals surface area contributed by atoms with Crippen LogP contribution in [0.25, 0.3) is 26.8 Å². The third-order valence-electron chi connectivity index (χ3n) is 6.68. The van der Waals surface area contributed by atoms with Gasteiger partial charge in [-0.15, -0.1) is 11.3 Å². The lowest BCUT2D eigenvalue weighted by molar-refractivity contribution is -0.122. The maximum absolute atomic E-state index is 11.8. The number of ether oxygens (including phenoxy) is 1. The van der Waals surface area contributed by atoms with Gasteiger partial charge in [0.05, 0.1) is 28.2 Å². The summed E-state index contributed by atoms with van der Waals surface area (Å²) >= 11 is 8.14. The number of fused-ring (bicyclic) bond motifs is 3. The van der Waals surface area contributed by atoms with Crippen LogP contribution in [0.5, 0.6) is 5.75 Å². The van der Waals surface area contributed by atoms with Gasteiger partial charge in [0.2, 0.25) is 6.41 Å². The van der Waals surface area contributed by atoms with E-state index in [0.29, 0.717) is 11.6 Å². The number of hydrogen-bond donors (Lipinski definition) is 0. The molecule has 0 spiro atoms. The van der Waals surface area contributed by atoms with Crippen LogP contribution in [-0.4, -0.2) is 64.3 Å². The first-order valence-corrected chi connectivity index (χ1v) is 12.8. The Balaban J connectivity index is 1.43. The zero-order chi connectivity index (χ0) is 23.9. The van der Waals surface area contributed by atoms with Crippen molar-refractivity contribution in [3.8, 4) is 32.6 Å². The molecular formula is C26H24ClN5O2S. The van der Waals surface area contributed by atoms with Gasteiger partial charge in [0.1, 0.15) is 12.1 Å². The number of para-hydroxylation sites is 1. The van der Waals surface area contributed by atoms with E-state index in [2.05, 4.69) is 40.2 Å². The molecule has 2 aliphatic rings. The Kier molecular flexibility index (Phi) is 5.80. The molecule has 35 heavy (non-hydrogen) atoms. The van der Waals surface area contributed by atoms with Crippen LogP contribution in [-0.2, 0) is 11.2 Å². The van der Waals surface area contributed by atoms with E-state index >= 15 is 0 Å². The van der Waals surface area contributed by atoms with E-state index in [4.69, 9.17) is 16.3 Å². The van der Waals surface area contributed by atoms with E-state index in [1.165, 1.54) is 10.4 Å². The summed E-state index contributed by atoms with van der Waals surface area (Å²) < 4.78 is 7.90. The molecule has 1 unspecified atom stereocenters. The topological polar surface area (TPSA) is 63.5 Å². The fourth-order valence-electron chi connectivity index (χ4n) is 4.85. The van der Waals surface area contributed by atoms with Gasteiger partial charge in [0.25, 0.3) is 0 Å². The second-order valence-corrected chi connectivity index (χ2v) is 10.3. The van der Waals surface area contributed by atoms with Crippen LogP contribution in [0.15, 0.2) is 54.9 Å². The average Bonchev–Trinajstić information content (AvgIpc) is 3.48. The highest BCUT2D eigenvalue weighted by Gasteiger charge is 2.28. The van der Waals surface area contributed by atoms with E-state index in [0.717, 1.165) is 65.7 Å². The number of hydrogen-bond acceptors (Lipinski definition) is 6.